The Hall–Kier alpha value is -1.69. The zero-order chi connectivity index (χ0) is 16.8. The molecule has 1 fully saturated rings. The van der Waals surface area contributed by atoms with Gasteiger partial charge in [-0.05, 0) is 47.3 Å². The van der Waals surface area contributed by atoms with Gasteiger partial charge in [-0.2, -0.15) is 11.3 Å². The van der Waals surface area contributed by atoms with Crippen LogP contribution in [0.1, 0.15) is 30.1 Å². The summed E-state index contributed by atoms with van der Waals surface area (Å²) in [6, 6.07) is 11.9. The number of aliphatic hydroxyl groups is 1. The van der Waals surface area contributed by atoms with E-state index in [0.29, 0.717) is 13.1 Å². The van der Waals surface area contributed by atoms with Crippen LogP contribution in [0.3, 0.4) is 0 Å². The Balaban J connectivity index is 1.73. The number of benzene rings is 1. The third-order valence-electron chi connectivity index (χ3n) is 4.50. The molecule has 0 radical (unpaired) electrons. The van der Waals surface area contributed by atoms with Crippen LogP contribution in [0.5, 0.6) is 0 Å². The monoisotopic (exact) mass is 344 g/mol. The Morgan fingerprint density at radius 2 is 2.17 bits per heavy atom. The predicted octanol–water partition coefficient (Wildman–Crippen LogP) is 2.81. The van der Waals surface area contributed by atoms with Crippen LogP contribution >= 0.6 is 11.3 Å². The van der Waals surface area contributed by atoms with E-state index in [9.17, 15) is 9.90 Å². The SMILES string of the molecule is O=C([C@H]1CCCNC1)N(Cc1ccccc1)C[C@@H](O)c1ccsc1. The Bertz CT molecular complexity index is 624. The first-order chi connectivity index (χ1) is 11.7. The van der Waals surface area contributed by atoms with E-state index in [4.69, 9.17) is 0 Å². The molecule has 3 rings (SSSR count). The van der Waals surface area contributed by atoms with Gasteiger partial charge in [0.15, 0.2) is 0 Å². The molecule has 1 aromatic carbocycles. The van der Waals surface area contributed by atoms with E-state index in [-0.39, 0.29) is 11.8 Å². The second kappa shape index (κ2) is 8.42. The maximum atomic E-state index is 13.0. The number of rotatable bonds is 6. The number of nitrogens with one attached hydrogen (secondary N) is 1. The molecular weight excluding hydrogens is 320 g/mol. The van der Waals surface area contributed by atoms with E-state index in [1.807, 2.05) is 52.1 Å². The molecule has 2 N–H and O–H groups in total. The minimum absolute atomic E-state index is 0.0112. The van der Waals surface area contributed by atoms with Gasteiger partial charge in [-0.1, -0.05) is 30.3 Å². The van der Waals surface area contributed by atoms with Crippen LogP contribution in [0.15, 0.2) is 47.2 Å². The standard InChI is InChI=1S/C19H24N2O2S/c22-18(17-8-10-24-14-17)13-21(12-15-5-2-1-3-6-15)19(23)16-7-4-9-20-11-16/h1-3,5-6,8,10,14,16,18,20,22H,4,7,9,11-13H2/t16-,18+/m0/s1. The first-order valence-corrected chi connectivity index (χ1v) is 9.42. The Labute approximate surface area is 147 Å². The molecule has 1 aliphatic rings. The fourth-order valence-corrected chi connectivity index (χ4v) is 3.84. The summed E-state index contributed by atoms with van der Waals surface area (Å²) in [5, 5.41) is 17.7. The van der Waals surface area contributed by atoms with Crippen molar-refractivity contribution in [3.05, 3.63) is 58.3 Å². The van der Waals surface area contributed by atoms with Crippen molar-refractivity contribution in [2.75, 3.05) is 19.6 Å². The molecule has 1 saturated heterocycles. The minimum Gasteiger partial charge on any atom is -0.387 e. The van der Waals surface area contributed by atoms with Crippen LogP contribution < -0.4 is 5.32 Å². The molecule has 1 amide bonds. The van der Waals surface area contributed by atoms with Crippen LogP contribution in [0.25, 0.3) is 0 Å². The fourth-order valence-electron chi connectivity index (χ4n) is 3.14. The van der Waals surface area contributed by atoms with Gasteiger partial charge in [0.05, 0.1) is 18.6 Å². The lowest BCUT2D eigenvalue weighted by Crippen LogP contribution is -2.44. The zero-order valence-corrected chi connectivity index (χ0v) is 14.5. The Morgan fingerprint density at radius 3 is 2.83 bits per heavy atom. The van der Waals surface area contributed by atoms with Crippen molar-refractivity contribution in [2.45, 2.75) is 25.5 Å². The van der Waals surface area contributed by atoms with Crippen LogP contribution in [0.2, 0.25) is 0 Å². The summed E-state index contributed by atoms with van der Waals surface area (Å²) in [5.74, 6) is 0.150. The largest absolute Gasteiger partial charge is 0.387 e. The number of carbonyl (C=O) groups excluding carboxylic acids is 1. The normalized spacial score (nSPS) is 19.0. The van der Waals surface area contributed by atoms with E-state index in [1.165, 1.54) is 0 Å². The highest BCUT2D eigenvalue weighted by atomic mass is 32.1. The van der Waals surface area contributed by atoms with Crippen LogP contribution in [0, 0.1) is 5.92 Å². The molecular formula is C19H24N2O2S. The second-order valence-corrected chi connectivity index (χ2v) is 7.10. The first kappa shape index (κ1) is 17.1. The van der Waals surface area contributed by atoms with Gasteiger partial charge in [-0.25, -0.2) is 0 Å². The van der Waals surface area contributed by atoms with Crippen LogP contribution in [-0.4, -0.2) is 35.5 Å². The van der Waals surface area contributed by atoms with E-state index >= 15 is 0 Å². The molecule has 2 aromatic rings. The van der Waals surface area contributed by atoms with Crippen molar-refractivity contribution in [3.8, 4) is 0 Å². The number of carbonyl (C=O) groups is 1. The van der Waals surface area contributed by atoms with E-state index in [1.54, 1.807) is 11.3 Å². The number of piperidine rings is 1. The van der Waals surface area contributed by atoms with Gasteiger partial charge in [0.25, 0.3) is 0 Å². The maximum absolute atomic E-state index is 13.0. The molecule has 0 aliphatic carbocycles. The first-order valence-electron chi connectivity index (χ1n) is 8.47. The van der Waals surface area contributed by atoms with Gasteiger partial charge in [0, 0.05) is 13.1 Å². The van der Waals surface area contributed by atoms with Gasteiger partial charge in [-0.15, -0.1) is 0 Å². The van der Waals surface area contributed by atoms with Crippen molar-refractivity contribution in [1.29, 1.82) is 0 Å². The number of aliphatic hydroxyl groups excluding tert-OH is 1. The summed E-state index contributed by atoms with van der Waals surface area (Å²) >= 11 is 1.56. The molecule has 24 heavy (non-hydrogen) atoms. The minimum atomic E-state index is -0.638. The number of thiophene rings is 1. The predicted molar refractivity (Wildman–Crippen MR) is 96.7 cm³/mol. The molecule has 0 saturated carbocycles. The van der Waals surface area contributed by atoms with Gasteiger partial charge in [0.1, 0.15) is 0 Å². The van der Waals surface area contributed by atoms with Gasteiger partial charge in [0.2, 0.25) is 5.91 Å². The average Bonchev–Trinajstić information content (AvgIpc) is 3.17. The zero-order valence-electron chi connectivity index (χ0n) is 13.7. The van der Waals surface area contributed by atoms with Crippen molar-refractivity contribution >= 4 is 17.2 Å². The second-order valence-electron chi connectivity index (χ2n) is 6.32. The summed E-state index contributed by atoms with van der Waals surface area (Å²) in [4.78, 5) is 14.8. The molecule has 5 heteroatoms. The van der Waals surface area contributed by atoms with Crippen molar-refractivity contribution in [1.82, 2.24) is 10.2 Å². The molecule has 2 atom stereocenters. The highest BCUT2D eigenvalue weighted by Gasteiger charge is 2.27. The van der Waals surface area contributed by atoms with Crippen molar-refractivity contribution < 1.29 is 9.90 Å². The van der Waals surface area contributed by atoms with Gasteiger partial charge in [-0.3, -0.25) is 4.79 Å². The summed E-state index contributed by atoms with van der Waals surface area (Å²) in [6.07, 6.45) is 1.31. The summed E-state index contributed by atoms with van der Waals surface area (Å²) in [5.41, 5.74) is 1.97. The topological polar surface area (TPSA) is 52.6 Å². The number of nitrogens with zero attached hydrogens (tertiary/aromatic N) is 1. The Morgan fingerprint density at radius 1 is 1.33 bits per heavy atom. The molecule has 1 aliphatic heterocycles. The number of hydrogen-bond acceptors (Lipinski definition) is 4. The number of amides is 1. The van der Waals surface area contributed by atoms with Crippen LogP contribution in [-0.2, 0) is 11.3 Å². The molecule has 2 heterocycles. The van der Waals surface area contributed by atoms with Crippen LogP contribution in [0.4, 0.5) is 0 Å². The lowest BCUT2D eigenvalue weighted by atomic mass is 9.97. The summed E-state index contributed by atoms with van der Waals surface area (Å²) < 4.78 is 0. The molecule has 128 valence electrons. The molecule has 4 nitrogen and oxygen atoms in total. The fraction of sp³-hybridized carbons (Fsp3) is 0.421. The maximum Gasteiger partial charge on any atom is 0.227 e. The number of hydrogen-bond donors (Lipinski definition) is 2. The smallest absolute Gasteiger partial charge is 0.227 e. The summed E-state index contributed by atoms with van der Waals surface area (Å²) in [6.45, 7) is 2.59. The molecule has 0 bridgehead atoms. The molecule has 1 aromatic heterocycles. The lowest BCUT2D eigenvalue weighted by molar-refractivity contribution is -0.138. The quantitative estimate of drug-likeness (QED) is 0.847. The lowest BCUT2D eigenvalue weighted by Gasteiger charge is -2.31. The van der Waals surface area contributed by atoms with Crippen molar-refractivity contribution in [2.24, 2.45) is 5.92 Å². The van der Waals surface area contributed by atoms with Gasteiger partial charge >= 0.3 is 0 Å². The third kappa shape index (κ3) is 4.44. The van der Waals surface area contributed by atoms with E-state index < -0.39 is 6.10 Å². The third-order valence-corrected chi connectivity index (χ3v) is 5.20. The van der Waals surface area contributed by atoms with Crippen molar-refractivity contribution in [3.63, 3.8) is 0 Å². The molecule has 0 unspecified atom stereocenters. The summed E-state index contributed by atoms with van der Waals surface area (Å²) in [7, 11) is 0. The van der Waals surface area contributed by atoms with E-state index in [0.717, 1.165) is 37.1 Å². The van der Waals surface area contributed by atoms with E-state index in [2.05, 4.69) is 5.32 Å². The Kier molecular flexibility index (Phi) is 6.01. The van der Waals surface area contributed by atoms with Gasteiger partial charge < -0.3 is 15.3 Å². The average molecular weight is 344 g/mol. The highest BCUT2D eigenvalue weighted by molar-refractivity contribution is 7.07. The highest BCUT2D eigenvalue weighted by Crippen LogP contribution is 2.21. The molecule has 0 spiro atoms.